The SMILES string of the molecule is CCOc1cc(/C=C(/C#N)C(=O)Nc2nnc(C(C)C)s2)cc(Cl)c1OCCOc1c(C)cccc1C. The molecule has 10 heteroatoms. The first-order valence-electron chi connectivity index (χ1n) is 11.8. The third kappa shape index (κ3) is 7.44. The van der Waals surface area contributed by atoms with Crippen molar-refractivity contribution < 1.29 is 19.0 Å². The molecule has 1 N–H and O–H groups in total. The summed E-state index contributed by atoms with van der Waals surface area (Å²) < 4.78 is 17.5. The van der Waals surface area contributed by atoms with Crippen LogP contribution in [0.25, 0.3) is 6.08 Å². The largest absolute Gasteiger partial charge is 0.490 e. The first-order valence-corrected chi connectivity index (χ1v) is 13.0. The van der Waals surface area contributed by atoms with Gasteiger partial charge in [0.25, 0.3) is 5.91 Å². The monoisotopic (exact) mass is 540 g/mol. The average Bonchev–Trinajstić information content (AvgIpc) is 3.32. The van der Waals surface area contributed by atoms with E-state index >= 15 is 0 Å². The number of aryl methyl sites for hydroxylation is 2. The lowest BCUT2D eigenvalue weighted by Gasteiger charge is -2.16. The van der Waals surface area contributed by atoms with Crippen molar-refractivity contribution in [3.8, 4) is 23.3 Å². The number of nitriles is 1. The number of nitrogens with one attached hydrogen (secondary N) is 1. The number of ether oxygens (including phenoxy) is 3. The Morgan fingerprint density at radius 2 is 1.81 bits per heavy atom. The summed E-state index contributed by atoms with van der Waals surface area (Å²) in [5.41, 5.74) is 2.50. The maximum absolute atomic E-state index is 12.7. The van der Waals surface area contributed by atoms with Gasteiger partial charge in [0.15, 0.2) is 11.5 Å². The summed E-state index contributed by atoms with van der Waals surface area (Å²) in [6.07, 6.45) is 1.43. The van der Waals surface area contributed by atoms with Gasteiger partial charge in [-0.25, -0.2) is 0 Å². The van der Waals surface area contributed by atoms with Gasteiger partial charge in [-0.3, -0.25) is 10.1 Å². The molecule has 0 aliphatic heterocycles. The molecule has 0 saturated carbocycles. The first-order chi connectivity index (χ1) is 17.7. The number of aromatic nitrogens is 2. The van der Waals surface area contributed by atoms with Gasteiger partial charge in [0.05, 0.1) is 11.6 Å². The molecule has 0 radical (unpaired) electrons. The Hall–Kier alpha value is -3.61. The molecule has 0 atom stereocenters. The van der Waals surface area contributed by atoms with Gasteiger partial charge in [-0.2, -0.15) is 5.26 Å². The lowest BCUT2D eigenvalue weighted by atomic mass is 10.1. The standard InChI is InChI=1S/C27H29ClN4O4S/c1-6-34-22-14-19(12-20(15-29)25(33)30-27-32-31-26(37-27)16(2)3)13-21(28)24(22)36-11-10-35-23-17(4)8-7-9-18(23)5/h7-9,12-14,16H,6,10-11H2,1-5H3,(H,30,32,33)/b20-12-. The molecule has 0 bridgehead atoms. The van der Waals surface area contributed by atoms with Gasteiger partial charge in [-0.15, -0.1) is 10.2 Å². The van der Waals surface area contributed by atoms with Crippen molar-refractivity contribution in [1.82, 2.24) is 10.2 Å². The van der Waals surface area contributed by atoms with Crippen molar-refractivity contribution in [1.29, 1.82) is 5.26 Å². The molecule has 0 spiro atoms. The summed E-state index contributed by atoms with van der Waals surface area (Å²) in [5.74, 6) is 1.19. The Kier molecular flexibility index (Phi) is 9.89. The average molecular weight is 541 g/mol. The van der Waals surface area contributed by atoms with Crippen molar-refractivity contribution >= 4 is 40.1 Å². The minimum atomic E-state index is -0.591. The van der Waals surface area contributed by atoms with Crippen LogP contribution in [0.5, 0.6) is 17.2 Å². The van der Waals surface area contributed by atoms with Crippen LogP contribution >= 0.6 is 22.9 Å². The van der Waals surface area contributed by atoms with Gasteiger partial charge in [0, 0.05) is 5.92 Å². The molecule has 2 aromatic carbocycles. The maximum Gasteiger partial charge on any atom is 0.268 e. The lowest BCUT2D eigenvalue weighted by molar-refractivity contribution is -0.112. The van der Waals surface area contributed by atoms with Crippen LogP contribution in [0.3, 0.4) is 0 Å². The summed E-state index contributed by atoms with van der Waals surface area (Å²) >= 11 is 7.78. The van der Waals surface area contributed by atoms with Crippen molar-refractivity contribution in [3.05, 3.63) is 62.6 Å². The van der Waals surface area contributed by atoms with E-state index in [0.29, 0.717) is 35.4 Å². The molecular formula is C27H29ClN4O4S. The van der Waals surface area contributed by atoms with Crippen LogP contribution in [0.1, 0.15) is 48.4 Å². The number of hydrogen-bond donors (Lipinski definition) is 1. The van der Waals surface area contributed by atoms with Gasteiger partial charge in [-0.05, 0) is 55.7 Å². The Balaban J connectivity index is 1.73. The molecule has 0 fully saturated rings. The van der Waals surface area contributed by atoms with Gasteiger partial charge in [-0.1, -0.05) is 55.0 Å². The zero-order valence-corrected chi connectivity index (χ0v) is 23.0. The number of benzene rings is 2. The van der Waals surface area contributed by atoms with E-state index in [1.807, 2.05) is 58.9 Å². The number of carbonyl (C=O) groups is 1. The Labute approximate surface area is 225 Å². The lowest BCUT2D eigenvalue weighted by Crippen LogP contribution is -2.13. The quantitative estimate of drug-likeness (QED) is 0.172. The normalized spacial score (nSPS) is 11.2. The molecule has 0 aliphatic carbocycles. The highest BCUT2D eigenvalue weighted by Gasteiger charge is 2.17. The molecule has 8 nitrogen and oxygen atoms in total. The number of amides is 1. The van der Waals surface area contributed by atoms with Crippen LogP contribution in [0.15, 0.2) is 35.9 Å². The fourth-order valence-electron chi connectivity index (χ4n) is 3.39. The van der Waals surface area contributed by atoms with Crippen molar-refractivity contribution in [2.24, 2.45) is 0 Å². The molecule has 1 amide bonds. The predicted molar refractivity (Wildman–Crippen MR) is 146 cm³/mol. The Morgan fingerprint density at radius 1 is 1.14 bits per heavy atom. The zero-order chi connectivity index (χ0) is 26.9. The van der Waals surface area contributed by atoms with E-state index in [4.69, 9.17) is 25.8 Å². The van der Waals surface area contributed by atoms with E-state index in [-0.39, 0.29) is 23.1 Å². The van der Waals surface area contributed by atoms with Crippen LogP contribution in [0.2, 0.25) is 5.02 Å². The van der Waals surface area contributed by atoms with Gasteiger partial charge in [0.2, 0.25) is 5.13 Å². The first kappa shape index (κ1) is 28.0. The predicted octanol–water partition coefficient (Wildman–Crippen LogP) is 6.33. The minimum absolute atomic E-state index is 0.115. The molecule has 3 aromatic rings. The van der Waals surface area contributed by atoms with Gasteiger partial charge < -0.3 is 14.2 Å². The number of halogens is 1. The number of para-hydroxylation sites is 1. The Bertz CT molecular complexity index is 1310. The summed E-state index contributed by atoms with van der Waals surface area (Å²) in [6, 6.07) is 11.2. The van der Waals surface area contributed by atoms with Crippen LogP contribution in [0.4, 0.5) is 5.13 Å². The second-order valence-corrected chi connectivity index (χ2v) is 9.82. The number of nitrogens with zero attached hydrogens (tertiary/aromatic N) is 3. The summed E-state index contributed by atoms with van der Waals surface area (Å²) in [6.45, 7) is 10.7. The molecule has 0 aliphatic rings. The Morgan fingerprint density at radius 3 is 2.41 bits per heavy atom. The highest BCUT2D eigenvalue weighted by atomic mass is 35.5. The molecule has 0 unspecified atom stereocenters. The highest BCUT2D eigenvalue weighted by molar-refractivity contribution is 7.15. The number of anilines is 1. The molecule has 194 valence electrons. The zero-order valence-electron chi connectivity index (χ0n) is 21.4. The summed E-state index contributed by atoms with van der Waals surface area (Å²) in [7, 11) is 0. The topological polar surface area (TPSA) is 106 Å². The van der Waals surface area contributed by atoms with Gasteiger partial charge >= 0.3 is 0 Å². The van der Waals surface area contributed by atoms with E-state index in [0.717, 1.165) is 21.9 Å². The second kappa shape index (κ2) is 13.1. The van der Waals surface area contributed by atoms with Crippen LogP contribution in [-0.2, 0) is 4.79 Å². The number of rotatable bonds is 11. The smallest absolute Gasteiger partial charge is 0.268 e. The molecule has 37 heavy (non-hydrogen) atoms. The van der Waals surface area contributed by atoms with E-state index in [1.165, 1.54) is 17.4 Å². The van der Waals surface area contributed by atoms with E-state index in [9.17, 15) is 10.1 Å². The third-order valence-electron chi connectivity index (χ3n) is 5.15. The molecule has 0 saturated heterocycles. The molecule has 3 rings (SSSR count). The third-order valence-corrected chi connectivity index (χ3v) is 6.57. The van der Waals surface area contributed by atoms with E-state index in [2.05, 4.69) is 15.5 Å². The second-order valence-electron chi connectivity index (χ2n) is 8.40. The summed E-state index contributed by atoms with van der Waals surface area (Å²) in [4.78, 5) is 12.7. The van der Waals surface area contributed by atoms with Crippen LogP contribution in [-0.4, -0.2) is 35.9 Å². The fourth-order valence-corrected chi connectivity index (χ4v) is 4.40. The summed E-state index contributed by atoms with van der Waals surface area (Å²) in [5, 5.41) is 21.6. The van der Waals surface area contributed by atoms with Crippen LogP contribution in [0, 0.1) is 25.2 Å². The maximum atomic E-state index is 12.7. The molecular weight excluding hydrogens is 512 g/mol. The highest BCUT2D eigenvalue weighted by Crippen LogP contribution is 2.37. The fraction of sp³-hybridized carbons (Fsp3) is 0.333. The number of hydrogen-bond acceptors (Lipinski definition) is 8. The van der Waals surface area contributed by atoms with Crippen LogP contribution < -0.4 is 19.5 Å². The van der Waals surface area contributed by atoms with E-state index in [1.54, 1.807) is 12.1 Å². The minimum Gasteiger partial charge on any atom is -0.490 e. The van der Waals surface area contributed by atoms with Crippen molar-refractivity contribution in [2.45, 2.75) is 40.5 Å². The molecule has 1 heterocycles. The van der Waals surface area contributed by atoms with Crippen molar-refractivity contribution in [2.75, 3.05) is 25.1 Å². The molecule has 1 aromatic heterocycles. The van der Waals surface area contributed by atoms with Gasteiger partial charge in [0.1, 0.15) is 35.6 Å². The van der Waals surface area contributed by atoms with Crippen molar-refractivity contribution in [3.63, 3.8) is 0 Å². The number of carbonyl (C=O) groups excluding carboxylic acids is 1. The van der Waals surface area contributed by atoms with E-state index < -0.39 is 5.91 Å².